The molecule has 0 amide bonds. The molecule has 1 aromatic heterocycles. The first kappa shape index (κ1) is 14.5. The zero-order valence-electron chi connectivity index (χ0n) is 10.9. The van der Waals surface area contributed by atoms with Crippen LogP contribution in [0.5, 0.6) is 0 Å². The van der Waals surface area contributed by atoms with Gasteiger partial charge in [0.15, 0.2) is 0 Å². The van der Waals surface area contributed by atoms with Gasteiger partial charge in [0.25, 0.3) is 0 Å². The lowest BCUT2D eigenvalue weighted by molar-refractivity contribution is -0.137. The fourth-order valence-corrected chi connectivity index (χ4v) is 1.94. The SMILES string of the molecule is Cn1ncnc1CC(N)Cc1ccc(C(F)(F)F)cc1. The lowest BCUT2D eigenvalue weighted by Gasteiger charge is -2.12. The fraction of sp³-hybridized carbons (Fsp3) is 0.385. The summed E-state index contributed by atoms with van der Waals surface area (Å²) in [6.45, 7) is 0. The fourth-order valence-electron chi connectivity index (χ4n) is 1.94. The molecule has 2 rings (SSSR count). The van der Waals surface area contributed by atoms with Gasteiger partial charge in [0.05, 0.1) is 5.56 Å². The van der Waals surface area contributed by atoms with E-state index in [1.54, 1.807) is 11.7 Å². The van der Waals surface area contributed by atoms with E-state index in [9.17, 15) is 13.2 Å². The van der Waals surface area contributed by atoms with Crippen LogP contribution in [0.15, 0.2) is 30.6 Å². The zero-order valence-corrected chi connectivity index (χ0v) is 10.9. The molecule has 7 heteroatoms. The van der Waals surface area contributed by atoms with Crippen molar-refractivity contribution in [1.29, 1.82) is 0 Å². The van der Waals surface area contributed by atoms with Crippen LogP contribution >= 0.6 is 0 Å². The molecule has 0 aliphatic carbocycles. The van der Waals surface area contributed by atoms with E-state index in [1.807, 2.05) is 0 Å². The molecular weight excluding hydrogens is 269 g/mol. The van der Waals surface area contributed by atoms with Gasteiger partial charge in [-0.05, 0) is 24.1 Å². The molecule has 0 aliphatic heterocycles. The molecule has 108 valence electrons. The van der Waals surface area contributed by atoms with Gasteiger partial charge in [-0.15, -0.1) is 0 Å². The van der Waals surface area contributed by atoms with Gasteiger partial charge in [0.1, 0.15) is 12.2 Å². The summed E-state index contributed by atoms with van der Waals surface area (Å²) in [5.41, 5.74) is 6.11. The van der Waals surface area contributed by atoms with Crippen LogP contribution in [0.25, 0.3) is 0 Å². The highest BCUT2D eigenvalue weighted by Crippen LogP contribution is 2.29. The lowest BCUT2D eigenvalue weighted by atomic mass is 10.0. The predicted molar refractivity (Wildman–Crippen MR) is 67.8 cm³/mol. The van der Waals surface area contributed by atoms with Crippen molar-refractivity contribution in [3.8, 4) is 0 Å². The van der Waals surface area contributed by atoms with Gasteiger partial charge in [-0.2, -0.15) is 18.3 Å². The number of aromatic nitrogens is 3. The van der Waals surface area contributed by atoms with Crippen LogP contribution in [0.4, 0.5) is 13.2 Å². The average molecular weight is 284 g/mol. The Labute approximate surface area is 114 Å². The maximum Gasteiger partial charge on any atom is 0.416 e. The van der Waals surface area contributed by atoms with E-state index in [4.69, 9.17) is 5.73 Å². The second kappa shape index (κ2) is 5.62. The van der Waals surface area contributed by atoms with Crippen LogP contribution in [0.2, 0.25) is 0 Å². The van der Waals surface area contributed by atoms with Crippen LogP contribution in [0, 0.1) is 0 Å². The first-order valence-corrected chi connectivity index (χ1v) is 6.11. The Morgan fingerprint density at radius 2 is 1.85 bits per heavy atom. The van der Waals surface area contributed by atoms with Crippen molar-refractivity contribution in [3.05, 3.63) is 47.5 Å². The standard InChI is InChI=1S/C13H15F3N4/c1-20-12(18-8-19-20)7-11(17)6-9-2-4-10(5-3-9)13(14,15)16/h2-5,8,11H,6-7,17H2,1H3. The number of nitrogens with zero attached hydrogens (tertiary/aromatic N) is 3. The Morgan fingerprint density at radius 1 is 1.20 bits per heavy atom. The van der Waals surface area contributed by atoms with Crippen LogP contribution in [-0.4, -0.2) is 20.8 Å². The smallest absolute Gasteiger partial charge is 0.327 e. The zero-order chi connectivity index (χ0) is 14.8. The summed E-state index contributed by atoms with van der Waals surface area (Å²) in [5, 5.41) is 3.94. The number of alkyl halides is 3. The van der Waals surface area contributed by atoms with Crippen molar-refractivity contribution in [2.45, 2.75) is 25.1 Å². The number of hydrogen-bond donors (Lipinski definition) is 1. The minimum absolute atomic E-state index is 0.213. The molecular formula is C13H15F3N4. The number of benzene rings is 1. The molecule has 20 heavy (non-hydrogen) atoms. The van der Waals surface area contributed by atoms with Crippen molar-refractivity contribution in [2.24, 2.45) is 12.8 Å². The van der Waals surface area contributed by atoms with Gasteiger partial charge in [0.2, 0.25) is 0 Å². The van der Waals surface area contributed by atoms with Gasteiger partial charge in [0, 0.05) is 19.5 Å². The van der Waals surface area contributed by atoms with Crippen molar-refractivity contribution < 1.29 is 13.2 Å². The van der Waals surface area contributed by atoms with E-state index in [0.29, 0.717) is 12.8 Å². The third kappa shape index (κ3) is 3.57. The molecule has 1 heterocycles. The molecule has 1 unspecified atom stereocenters. The molecule has 0 radical (unpaired) electrons. The van der Waals surface area contributed by atoms with Gasteiger partial charge in [-0.1, -0.05) is 12.1 Å². The van der Waals surface area contributed by atoms with Crippen molar-refractivity contribution >= 4 is 0 Å². The minimum Gasteiger partial charge on any atom is -0.327 e. The molecule has 0 bridgehead atoms. The normalized spacial score (nSPS) is 13.4. The van der Waals surface area contributed by atoms with E-state index in [2.05, 4.69) is 10.1 Å². The molecule has 2 aromatic rings. The van der Waals surface area contributed by atoms with Crippen LogP contribution in [0.3, 0.4) is 0 Å². The average Bonchev–Trinajstić information content (AvgIpc) is 2.74. The van der Waals surface area contributed by atoms with Crippen LogP contribution < -0.4 is 5.73 Å². The molecule has 1 atom stereocenters. The second-order valence-electron chi connectivity index (χ2n) is 4.66. The highest BCUT2D eigenvalue weighted by molar-refractivity contribution is 5.25. The molecule has 0 fully saturated rings. The minimum atomic E-state index is -4.31. The summed E-state index contributed by atoms with van der Waals surface area (Å²) < 4.78 is 38.9. The molecule has 1 aromatic carbocycles. The van der Waals surface area contributed by atoms with E-state index < -0.39 is 11.7 Å². The number of nitrogens with two attached hydrogens (primary N) is 1. The number of halogens is 3. The van der Waals surface area contributed by atoms with Crippen LogP contribution in [0.1, 0.15) is 17.0 Å². The third-order valence-electron chi connectivity index (χ3n) is 3.03. The van der Waals surface area contributed by atoms with Crippen molar-refractivity contribution in [3.63, 3.8) is 0 Å². The van der Waals surface area contributed by atoms with Gasteiger partial charge >= 0.3 is 6.18 Å². The highest BCUT2D eigenvalue weighted by Gasteiger charge is 2.29. The molecule has 0 saturated heterocycles. The Kier molecular flexibility index (Phi) is 4.08. The molecule has 4 nitrogen and oxygen atoms in total. The van der Waals surface area contributed by atoms with Gasteiger partial charge in [-0.25, -0.2) is 4.98 Å². The molecule has 2 N–H and O–H groups in total. The predicted octanol–water partition coefficient (Wildman–Crippen LogP) is 1.95. The molecule has 0 spiro atoms. The summed E-state index contributed by atoms with van der Waals surface area (Å²) in [4.78, 5) is 4.07. The topological polar surface area (TPSA) is 56.7 Å². The first-order valence-electron chi connectivity index (χ1n) is 6.11. The monoisotopic (exact) mass is 284 g/mol. The van der Waals surface area contributed by atoms with Crippen molar-refractivity contribution in [1.82, 2.24) is 14.8 Å². The summed E-state index contributed by atoms with van der Waals surface area (Å²) in [6, 6.07) is 4.85. The summed E-state index contributed by atoms with van der Waals surface area (Å²) in [7, 11) is 1.77. The van der Waals surface area contributed by atoms with E-state index in [1.165, 1.54) is 18.5 Å². The maximum atomic E-state index is 12.4. The summed E-state index contributed by atoms with van der Waals surface area (Å²) in [6.07, 6.45) is -1.85. The van der Waals surface area contributed by atoms with E-state index in [-0.39, 0.29) is 6.04 Å². The number of aryl methyl sites for hydroxylation is 1. The first-order chi connectivity index (χ1) is 9.36. The molecule has 0 aliphatic rings. The highest BCUT2D eigenvalue weighted by atomic mass is 19.4. The molecule has 0 saturated carbocycles. The number of rotatable bonds is 4. The quantitative estimate of drug-likeness (QED) is 0.933. The Balaban J connectivity index is 1.98. The largest absolute Gasteiger partial charge is 0.416 e. The third-order valence-corrected chi connectivity index (χ3v) is 3.03. The Hall–Kier alpha value is -1.89. The van der Waals surface area contributed by atoms with Crippen LogP contribution in [-0.2, 0) is 26.1 Å². The lowest BCUT2D eigenvalue weighted by Crippen LogP contribution is -2.27. The summed E-state index contributed by atoms with van der Waals surface area (Å²) >= 11 is 0. The van der Waals surface area contributed by atoms with Gasteiger partial charge < -0.3 is 5.73 Å². The van der Waals surface area contributed by atoms with Gasteiger partial charge in [-0.3, -0.25) is 4.68 Å². The second-order valence-corrected chi connectivity index (χ2v) is 4.66. The van der Waals surface area contributed by atoms with E-state index >= 15 is 0 Å². The summed E-state index contributed by atoms with van der Waals surface area (Å²) in [5.74, 6) is 0.754. The number of hydrogen-bond acceptors (Lipinski definition) is 3. The van der Waals surface area contributed by atoms with E-state index in [0.717, 1.165) is 23.5 Å². The Bertz CT molecular complexity index is 560. The van der Waals surface area contributed by atoms with Crippen molar-refractivity contribution in [2.75, 3.05) is 0 Å². The maximum absolute atomic E-state index is 12.4. The Morgan fingerprint density at radius 3 is 2.35 bits per heavy atom.